The fourth-order valence-electron chi connectivity index (χ4n) is 1.86. The van der Waals surface area contributed by atoms with Crippen LogP contribution in [0, 0.1) is 0 Å². The van der Waals surface area contributed by atoms with Crippen LogP contribution in [0.25, 0.3) is 0 Å². The van der Waals surface area contributed by atoms with E-state index in [1.165, 1.54) is 0 Å². The molecule has 2 rings (SSSR count). The standard InChI is InChI=1S/C15H16F3N3O3S.ClH/c16-15(17,18)10-24-14-6-5-13(9-20-14)25(22,23)21-8-7-11-1-3-12(19)4-2-11;/h1-6,9,21H,7-8,10,19H2;1H. The van der Waals surface area contributed by atoms with Crippen LogP contribution in [0.2, 0.25) is 0 Å². The number of halogens is 4. The quantitative estimate of drug-likeness (QED) is 0.683. The van der Waals surface area contributed by atoms with Crippen molar-refractivity contribution in [3.63, 3.8) is 0 Å². The summed E-state index contributed by atoms with van der Waals surface area (Å²) in [5.41, 5.74) is 7.09. The summed E-state index contributed by atoms with van der Waals surface area (Å²) in [5.74, 6) is -0.307. The molecule has 0 atom stereocenters. The molecule has 0 aliphatic carbocycles. The number of hydrogen-bond acceptors (Lipinski definition) is 5. The minimum atomic E-state index is -4.49. The normalized spacial score (nSPS) is 11.7. The lowest BCUT2D eigenvalue weighted by Crippen LogP contribution is -2.26. The minimum absolute atomic E-state index is 0. The Morgan fingerprint density at radius 1 is 1.12 bits per heavy atom. The van der Waals surface area contributed by atoms with Gasteiger partial charge in [0, 0.05) is 18.3 Å². The minimum Gasteiger partial charge on any atom is -0.468 e. The Morgan fingerprint density at radius 2 is 1.77 bits per heavy atom. The molecule has 0 spiro atoms. The number of pyridine rings is 1. The molecule has 0 saturated carbocycles. The summed E-state index contributed by atoms with van der Waals surface area (Å²) in [6.45, 7) is -1.34. The average molecular weight is 412 g/mol. The van der Waals surface area contributed by atoms with E-state index in [4.69, 9.17) is 5.73 Å². The van der Waals surface area contributed by atoms with Crippen molar-refractivity contribution < 1.29 is 26.3 Å². The maximum atomic E-state index is 12.1. The van der Waals surface area contributed by atoms with E-state index < -0.39 is 22.8 Å². The lowest BCUT2D eigenvalue weighted by molar-refractivity contribution is -0.154. The Morgan fingerprint density at radius 3 is 2.31 bits per heavy atom. The molecule has 0 unspecified atom stereocenters. The summed E-state index contributed by atoms with van der Waals surface area (Å²) in [5, 5.41) is 0. The Balaban J connectivity index is 0.00000338. The number of nitrogens with zero attached hydrogens (tertiary/aromatic N) is 1. The van der Waals surface area contributed by atoms with E-state index in [9.17, 15) is 21.6 Å². The van der Waals surface area contributed by atoms with Crippen molar-refractivity contribution in [2.24, 2.45) is 0 Å². The van der Waals surface area contributed by atoms with Gasteiger partial charge in [-0.15, -0.1) is 12.4 Å². The highest BCUT2D eigenvalue weighted by molar-refractivity contribution is 7.89. The van der Waals surface area contributed by atoms with Gasteiger partial charge in [0.2, 0.25) is 15.9 Å². The first-order valence-electron chi connectivity index (χ1n) is 7.15. The molecule has 144 valence electrons. The smallest absolute Gasteiger partial charge is 0.422 e. The molecule has 1 heterocycles. The molecular weight excluding hydrogens is 395 g/mol. The van der Waals surface area contributed by atoms with Crippen LogP contribution < -0.4 is 15.2 Å². The van der Waals surface area contributed by atoms with Crippen LogP contribution >= 0.6 is 12.4 Å². The Labute approximate surface area is 155 Å². The predicted molar refractivity (Wildman–Crippen MR) is 92.8 cm³/mol. The largest absolute Gasteiger partial charge is 0.468 e. The van der Waals surface area contributed by atoms with Gasteiger partial charge in [-0.1, -0.05) is 12.1 Å². The molecule has 26 heavy (non-hydrogen) atoms. The summed E-state index contributed by atoms with van der Waals surface area (Å²) in [6.07, 6.45) is -3.09. The second-order valence-electron chi connectivity index (χ2n) is 5.13. The van der Waals surface area contributed by atoms with Gasteiger partial charge in [0.05, 0.1) is 6.20 Å². The Hall–Kier alpha value is -2.04. The molecule has 2 aromatic rings. The zero-order valence-corrected chi connectivity index (χ0v) is 15.0. The van der Waals surface area contributed by atoms with Crippen molar-refractivity contribution in [1.82, 2.24) is 9.71 Å². The Bertz CT molecular complexity index is 798. The monoisotopic (exact) mass is 411 g/mol. The van der Waals surface area contributed by atoms with Gasteiger partial charge in [-0.05, 0) is 30.2 Å². The molecule has 1 aromatic heterocycles. The third kappa shape index (κ3) is 7.06. The summed E-state index contributed by atoms with van der Waals surface area (Å²) in [6, 6.07) is 9.21. The highest BCUT2D eigenvalue weighted by atomic mass is 35.5. The molecule has 11 heteroatoms. The maximum absolute atomic E-state index is 12.1. The zero-order chi connectivity index (χ0) is 18.5. The highest BCUT2D eigenvalue weighted by Gasteiger charge is 2.28. The number of alkyl halides is 3. The van der Waals surface area contributed by atoms with Crippen LogP contribution in [0.15, 0.2) is 47.5 Å². The van der Waals surface area contributed by atoms with Crippen molar-refractivity contribution in [1.29, 1.82) is 0 Å². The van der Waals surface area contributed by atoms with Crippen LogP contribution in [0.3, 0.4) is 0 Å². The van der Waals surface area contributed by atoms with Gasteiger partial charge in [0.15, 0.2) is 6.61 Å². The first-order valence-corrected chi connectivity index (χ1v) is 8.64. The van der Waals surface area contributed by atoms with E-state index in [-0.39, 0.29) is 29.7 Å². The van der Waals surface area contributed by atoms with Crippen molar-refractivity contribution in [2.45, 2.75) is 17.5 Å². The summed E-state index contributed by atoms with van der Waals surface area (Å²) < 4.78 is 67.2. The first-order chi connectivity index (χ1) is 11.7. The molecule has 6 nitrogen and oxygen atoms in total. The number of aromatic nitrogens is 1. The Kier molecular flexibility index (Phi) is 7.67. The van der Waals surface area contributed by atoms with Gasteiger partial charge in [-0.25, -0.2) is 18.1 Å². The molecule has 0 aliphatic rings. The molecule has 0 fully saturated rings. The number of sulfonamides is 1. The van der Waals surface area contributed by atoms with Crippen LogP contribution in [0.5, 0.6) is 5.88 Å². The van der Waals surface area contributed by atoms with Gasteiger partial charge in [-0.3, -0.25) is 0 Å². The summed E-state index contributed by atoms with van der Waals surface area (Å²) in [4.78, 5) is 3.41. The second-order valence-corrected chi connectivity index (χ2v) is 6.89. The SMILES string of the molecule is Cl.Nc1ccc(CCNS(=O)(=O)c2ccc(OCC(F)(F)F)nc2)cc1. The maximum Gasteiger partial charge on any atom is 0.422 e. The summed E-state index contributed by atoms with van der Waals surface area (Å²) in [7, 11) is -3.81. The molecule has 3 N–H and O–H groups in total. The van der Waals surface area contributed by atoms with E-state index >= 15 is 0 Å². The van der Waals surface area contributed by atoms with Gasteiger partial charge in [0.25, 0.3) is 0 Å². The van der Waals surface area contributed by atoms with Gasteiger partial charge in [-0.2, -0.15) is 13.2 Å². The molecule has 0 radical (unpaired) electrons. The lowest BCUT2D eigenvalue weighted by atomic mass is 10.1. The second kappa shape index (κ2) is 9.06. The lowest BCUT2D eigenvalue weighted by Gasteiger charge is -2.09. The van der Waals surface area contributed by atoms with Crippen LogP contribution in [0.4, 0.5) is 18.9 Å². The average Bonchev–Trinajstić information content (AvgIpc) is 2.54. The van der Waals surface area contributed by atoms with Crippen molar-refractivity contribution >= 4 is 28.1 Å². The molecule has 0 bridgehead atoms. The van der Waals surface area contributed by atoms with E-state index in [2.05, 4.69) is 14.4 Å². The first kappa shape index (κ1) is 22.0. The number of nitrogen functional groups attached to an aromatic ring is 1. The van der Waals surface area contributed by atoms with Crippen molar-refractivity contribution in [3.05, 3.63) is 48.2 Å². The number of nitrogens with two attached hydrogens (primary N) is 1. The number of ether oxygens (including phenoxy) is 1. The number of nitrogens with one attached hydrogen (secondary N) is 1. The van der Waals surface area contributed by atoms with E-state index in [1.807, 2.05) is 0 Å². The molecule has 0 saturated heterocycles. The number of hydrogen-bond donors (Lipinski definition) is 2. The van der Waals surface area contributed by atoms with Crippen LogP contribution in [0.1, 0.15) is 5.56 Å². The number of anilines is 1. The third-order valence-corrected chi connectivity index (χ3v) is 4.53. The number of benzene rings is 1. The third-order valence-electron chi connectivity index (χ3n) is 3.09. The van der Waals surface area contributed by atoms with Crippen LogP contribution in [-0.4, -0.2) is 32.7 Å². The highest BCUT2D eigenvalue weighted by Crippen LogP contribution is 2.18. The zero-order valence-electron chi connectivity index (χ0n) is 13.4. The fourth-order valence-corrected chi connectivity index (χ4v) is 2.84. The predicted octanol–water partition coefficient (Wildman–Crippen LogP) is 2.55. The number of rotatable bonds is 7. The van der Waals surface area contributed by atoms with Crippen LogP contribution in [-0.2, 0) is 16.4 Å². The topological polar surface area (TPSA) is 94.3 Å². The fraction of sp³-hybridized carbons (Fsp3) is 0.267. The van der Waals surface area contributed by atoms with Crippen molar-refractivity contribution in [2.75, 3.05) is 18.9 Å². The van der Waals surface area contributed by atoms with E-state index in [0.29, 0.717) is 12.1 Å². The van der Waals surface area contributed by atoms with Gasteiger partial charge in [0.1, 0.15) is 4.90 Å². The van der Waals surface area contributed by atoms with Gasteiger partial charge >= 0.3 is 6.18 Å². The van der Waals surface area contributed by atoms with E-state index in [0.717, 1.165) is 23.9 Å². The molecule has 1 aromatic carbocycles. The van der Waals surface area contributed by atoms with Crippen molar-refractivity contribution in [3.8, 4) is 5.88 Å². The molecule has 0 amide bonds. The summed E-state index contributed by atoms with van der Waals surface area (Å²) >= 11 is 0. The molecule has 0 aliphatic heterocycles. The van der Waals surface area contributed by atoms with Gasteiger partial charge < -0.3 is 10.5 Å². The molecular formula is C15H17ClF3N3O3S. The van der Waals surface area contributed by atoms with E-state index in [1.54, 1.807) is 24.3 Å².